The Hall–Kier alpha value is -3.00. The minimum Gasteiger partial charge on any atom is -0.507 e. The first kappa shape index (κ1) is 19.0. The van der Waals surface area contributed by atoms with Gasteiger partial charge in [0.1, 0.15) is 11.6 Å². The molecule has 0 amide bonds. The average molecular weight is 408 g/mol. The summed E-state index contributed by atoms with van der Waals surface area (Å²) >= 11 is 0. The van der Waals surface area contributed by atoms with Crippen molar-refractivity contribution in [2.75, 3.05) is 11.9 Å². The van der Waals surface area contributed by atoms with Gasteiger partial charge in [-0.25, -0.2) is 4.39 Å². The Bertz CT molecular complexity index is 1010. The molecule has 1 unspecified atom stereocenters. The molecule has 2 aromatic heterocycles. The minimum atomic E-state index is -0.451. The van der Waals surface area contributed by atoms with E-state index < -0.39 is 5.82 Å². The highest BCUT2D eigenvalue weighted by atomic mass is 19.1. The fourth-order valence-corrected chi connectivity index (χ4v) is 4.78. The van der Waals surface area contributed by atoms with Crippen LogP contribution in [-0.4, -0.2) is 50.7 Å². The molecule has 2 aliphatic rings. The number of piperidine rings is 2. The van der Waals surface area contributed by atoms with E-state index >= 15 is 0 Å². The van der Waals surface area contributed by atoms with E-state index in [1.807, 2.05) is 6.07 Å². The van der Waals surface area contributed by atoms with Crippen molar-refractivity contribution in [2.45, 2.75) is 50.2 Å². The van der Waals surface area contributed by atoms with Crippen molar-refractivity contribution in [1.82, 2.24) is 25.7 Å². The molecular weight excluding hydrogens is 383 g/mol. The molecule has 3 atom stereocenters. The standard InChI is InChI=1S/C22H25FN6O/c1-29(16-7-14-3-2-4-15(8-16)26-14)22-6-5-20(27-28-22)18-9-19(23)17(10-21(18)30)13-11-24-25-12-13/h5-6,9-12,14-16,26,30H,2-4,7-8H2,1H3,(H,24,25)/t14-,15+,16?. The van der Waals surface area contributed by atoms with Crippen LogP contribution in [0.25, 0.3) is 22.4 Å². The first-order chi connectivity index (χ1) is 14.6. The minimum absolute atomic E-state index is 0.0471. The van der Waals surface area contributed by atoms with Gasteiger partial charge in [0.25, 0.3) is 0 Å². The number of nitrogens with zero attached hydrogens (tertiary/aromatic N) is 4. The number of H-pyrrole nitrogens is 1. The Morgan fingerprint density at radius 2 is 1.90 bits per heavy atom. The first-order valence-electron chi connectivity index (χ1n) is 10.4. The zero-order valence-corrected chi connectivity index (χ0v) is 16.8. The molecule has 0 aliphatic carbocycles. The van der Waals surface area contributed by atoms with Gasteiger partial charge < -0.3 is 15.3 Å². The second-order valence-electron chi connectivity index (χ2n) is 8.34. The lowest BCUT2D eigenvalue weighted by Gasteiger charge is -2.43. The third-order valence-electron chi connectivity index (χ3n) is 6.42. The third kappa shape index (κ3) is 3.52. The fraction of sp³-hybridized carbons (Fsp3) is 0.409. The Morgan fingerprint density at radius 3 is 2.57 bits per heavy atom. The molecule has 5 rings (SSSR count). The highest BCUT2D eigenvalue weighted by molar-refractivity contribution is 5.74. The van der Waals surface area contributed by atoms with Crippen molar-refractivity contribution in [3.05, 3.63) is 42.5 Å². The number of aromatic hydroxyl groups is 1. The number of hydrogen-bond donors (Lipinski definition) is 3. The van der Waals surface area contributed by atoms with Crippen molar-refractivity contribution in [1.29, 1.82) is 0 Å². The Kier molecular flexibility index (Phi) is 4.86. The number of aromatic nitrogens is 4. The molecule has 8 heteroatoms. The largest absolute Gasteiger partial charge is 0.507 e. The van der Waals surface area contributed by atoms with Gasteiger partial charge in [0.15, 0.2) is 5.82 Å². The van der Waals surface area contributed by atoms with Crippen LogP contribution in [0.4, 0.5) is 10.2 Å². The Morgan fingerprint density at radius 1 is 1.10 bits per heavy atom. The average Bonchev–Trinajstić information content (AvgIpc) is 3.29. The predicted octanol–water partition coefficient (Wildman–Crippen LogP) is 3.49. The zero-order valence-electron chi connectivity index (χ0n) is 16.8. The van der Waals surface area contributed by atoms with E-state index in [1.165, 1.54) is 37.6 Å². The van der Waals surface area contributed by atoms with Gasteiger partial charge in [-0.05, 0) is 49.9 Å². The van der Waals surface area contributed by atoms with E-state index in [4.69, 9.17) is 0 Å². The van der Waals surface area contributed by atoms with Crippen LogP contribution in [0.2, 0.25) is 0 Å². The van der Waals surface area contributed by atoms with E-state index in [0.717, 1.165) is 18.7 Å². The molecule has 30 heavy (non-hydrogen) atoms. The molecular formula is C22H25FN6O. The van der Waals surface area contributed by atoms with Gasteiger partial charge in [0.2, 0.25) is 0 Å². The lowest BCUT2D eigenvalue weighted by Crippen LogP contribution is -2.54. The van der Waals surface area contributed by atoms with Gasteiger partial charge in [0.05, 0.1) is 11.9 Å². The van der Waals surface area contributed by atoms with Crippen LogP contribution in [0.15, 0.2) is 36.7 Å². The maximum Gasteiger partial charge on any atom is 0.151 e. The van der Waals surface area contributed by atoms with E-state index in [9.17, 15) is 9.50 Å². The molecule has 0 radical (unpaired) electrons. The van der Waals surface area contributed by atoms with Crippen molar-refractivity contribution in [3.8, 4) is 28.1 Å². The molecule has 2 saturated heterocycles. The molecule has 2 aliphatic heterocycles. The van der Waals surface area contributed by atoms with Crippen LogP contribution < -0.4 is 10.2 Å². The molecule has 0 spiro atoms. The van der Waals surface area contributed by atoms with Crippen LogP contribution >= 0.6 is 0 Å². The number of rotatable bonds is 4. The Balaban J connectivity index is 1.37. The number of benzene rings is 1. The summed E-state index contributed by atoms with van der Waals surface area (Å²) in [6, 6.07) is 7.97. The van der Waals surface area contributed by atoms with Gasteiger partial charge in [-0.3, -0.25) is 5.10 Å². The summed E-state index contributed by atoms with van der Waals surface area (Å²) in [6.45, 7) is 0. The number of fused-ring (bicyclic) bond motifs is 2. The number of phenolic OH excluding ortho intramolecular Hbond substituents is 1. The first-order valence-corrected chi connectivity index (χ1v) is 10.4. The van der Waals surface area contributed by atoms with Crippen LogP contribution in [0.3, 0.4) is 0 Å². The lowest BCUT2D eigenvalue weighted by molar-refractivity contribution is 0.219. The molecule has 0 saturated carbocycles. The summed E-state index contributed by atoms with van der Waals surface area (Å²) in [7, 11) is 2.06. The highest BCUT2D eigenvalue weighted by Crippen LogP contribution is 2.35. The van der Waals surface area contributed by atoms with Crippen molar-refractivity contribution in [3.63, 3.8) is 0 Å². The summed E-state index contributed by atoms with van der Waals surface area (Å²) < 4.78 is 14.6. The summed E-state index contributed by atoms with van der Waals surface area (Å²) in [5.74, 6) is 0.293. The van der Waals surface area contributed by atoms with E-state index in [0.29, 0.717) is 34.9 Å². The van der Waals surface area contributed by atoms with Crippen molar-refractivity contribution in [2.24, 2.45) is 0 Å². The molecule has 7 nitrogen and oxygen atoms in total. The van der Waals surface area contributed by atoms with E-state index in [-0.39, 0.29) is 11.3 Å². The fourth-order valence-electron chi connectivity index (χ4n) is 4.78. The van der Waals surface area contributed by atoms with Gasteiger partial charge >= 0.3 is 0 Å². The summed E-state index contributed by atoms with van der Waals surface area (Å²) in [5, 5.41) is 29.3. The van der Waals surface area contributed by atoms with Crippen LogP contribution in [-0.2, 0) is 0 Å². The van der Waals surface area contributed by atoms with Crippen LogP contribution in [0.1, 0.15) is 32.1 Å². The normalized spacial score (nSPS) is 23.3. The van der Waals surface area contributed by atoms with E-state index in [1.54, 1.807) is 12.3 Å². The van der Waals surface area contributed by atoms with E-state index in [2.05, 4.69) is 37.7 Å². The number of hydrogen-bond acceptors (Lipinski definition) is 6. The van der Waals surface area contributed by atoms with Crippen LogP contribution in [0.5, 0.6) is 5.75 Å². The number of aromatic amines is 1. The maximum atomic E-state index is 14.6. The molecule has 1 aromatic carbocycles. The number of phenols is 1. The van der Waals surface area contributed by atoms with Crippen molar-refractivity contribution < 1.29 is 9.50 Å². The second-order valence-corrected chi connectivity index (χ2v) is 8.34. The lowest BCUT2D eigenvalue weighted by atomic mass is 9.83. The SMILES string of the molecule is CN(c1ccc(-c2cc(F)c(-c3cn[nH]c3)cc2O)nn1)C1C[C@H]2CCC[C@@H](C1)N2. The third-order valence-corrected chi connectivity index (χ3v) is 6.42. The summed E-state index contributed by atoms with van der Waals surface area (Å²) in [4.78, 5) is 2.20. The number of nitrogens with one attached hydrogen (secondary N) is 2. The number of halogens is 1. The quantitative estimate of drug-likeness (QED) is 0.612. The zero-order chi connectivity index (χ0) is 20.7. The topological polar surface area (TPSA) is 90.0 Å². The monoisotopic (exact) mass is 408 g/mol. The van der Waals surface area contributed by atoms with Gasteiger partial charge in [-0.2, -0.15) is 5.10 Å². The molecule has 3 N–H and O–H groups in total. The maximum absolute atomic E-state index is 14.6. The van der Waals surface area contributed by atoms with Crippen LogP contribution in [0, 0.1) is 5.82 Å². The van der Waals surface area contributed by atoms with Gasteiger partial charge in [-0.15, -0.1) is 10.2 Å². The summed E-state index contributed by atoms with van der Waals surface area (Å²) in [6.07, 6.45) is 9.10. The van der Waals surface area contributed by atoms with Crippen molar-refractivity contribution >= 4 is 5.82 Å². The van der Waals surface area contributed by atoms with Gasteiger partial charge in [-0.1, -0.05) is 6.42 Å². The highest BCUT2D eigenvalue weighted by Gasteiger charge is 2.33. The summed E-state index contributed by atoms with van der Waals surface area (Å²) in [5.41, 5.74) is 1.61. The molecule has 2 fully saturated rings. The smallest absolute Gasteiger partial charge is 0.151 e. The predicted molar refractivity (Wildman–Crippen MR) is 113 cm³/mol. The Labute approximate surface area is 174 Å². The molecule has 4 heterocycles. The molecule has 3 aromatic rings. The number of anilines is 1. The molecule has 2 bridgehead atoms. The van der Waals surface area contributed by atoms with Gasteiger partial charge in [0, 0.05) is 48.1 Å². The second kappa shape index (κ2) is 7.68. The molecule has 156 valence electrons.